The lowest BCUT2D eigenvalue weighted by Gasteiger charge is -2.07. The van der Waals surface area contributed by atoms with Gasteiger partial charge in [0.1, 0.15) is 11.5 Å². The Morgan fingerprint density at radius 1 is 1.11 bits per heavy atom. The molecule has 7 nitrogen and oxygen atoms in total. The van der Waals surface area contributed by atoms with Crippen LogP contribution in [0.1, 0.15) is 0 Å². The van der Waals surface area contributed by atoms with Crippen molar-refractivity contribution in [3.63, 3.8) is 0 Å². The minimum Gasteiger partial charge on any atom is -0.507 e. The summed E-state index contributed by atoms with van der Waals surface area (Å²) in [5.41, 5.74) is 0. The maximum absolute atomic E-state index is 11.0. The van der Waals surface area contributed by atoms with Gasteiger partial charge in [0.25, 0.3) is 0 Å². The van der Waals surface area contributed by atoms with Crippen LogP contribution in [0.25, 0.3) is 10.8 Å². The molecule has 1 unspecified atom stereocenters. The highest BCUT2D eigenvalue weighted by molar-refractivity contribution is 7.94. The van der Waals surface area contributed by atoms with Crippen LogP contribution in [0.3, 0.4) is 0 Å². The van der Waals surface area contributed by atoms with Crippen molar-refractivity contribution in [2.45, 2.75) is 9.79 Å². The van der Waals surface area contributed by atoms with Gasteiger partial charge < -0.3 is 14.8 Å². The third-order valence-electron chi connectivity index (χ3n) is 2.32. The Labute approximate surface area is 113 Å². The fourth-order valence-corrected chi connectivity index (χ4v) is 2.50. The molecule has 2 aromatic rings. The molecule has 0 radical (unpaired) electrons. The molecule has 4 N–H and O–H groups in total. The van der Waals surface area contributed by atoms with E-state index < -0.39 is 11.1 Å². The summed E-state index contributed by atoms with van der Waals surface area (Å²) in [4.78, 5) is 0.352. The van der Waals surface area contributed by atoms with Gasteiger partial charge in [0, 0.05) is 4.90 Å². The molecular formula is C10H8O7S2. The molecule has 2 rings (SSSR count). The first-order valence-electron chi connectivity index (χ1n) is 4.78. The smallest absolute Gasteiger partial charge is 0.186 e. The van der Waals surface area contributed by atoms with Crippen molar-refractivity contribution in [3.05, 3.63) is 24.3 Å². The van der Waals surface area contributed by atoms with E-state index in [4.69, 9.17) is 9.81 Å². The normalized spacial score (nSPS) is 12.7. The van der Waals surface area contributed by atoms with Crippen molar-refractivity contribution in [2.75, 3.05) is 0 Å². The molecule has 0 saturated heterocycles. The summed E-state index contributed by atoms with van der Waals surface area (Å²) < 4.78 is 24.2. The number of phenols is 2. The van der Waals surface area contributed by atoms with Gasteiger partial charge in [-0.2, -0.15) is 0 Å². The maximum Gasteiger partial charge on any atom is 0.186 e. The molecule has 0 aliphatic carbocycles. The second-order valence-corrected chi connectivity index (χ2v) is 5.20. The largest absolute Gasteiger partial charge is 0.507 e. The van der Waals surface area contributed by atoms with Gasteiger partial charge in [-0.25, -0.2) is 9.47 Å². The molecule has 9 heteroatoms. The highest BCUT2D eigenvalue weighted by Crippen LogP contribution is 2.38. The van der Waals surface area contributed by atoms with Gasteiger partial charge in [0.2, 0.25) is 0 Å². The number of hydrogen-bond donors (Lipinski definition) is 4. The molecule has 0 aliphatic heterocycles. The second kappa shape index (κ2) is 5.74. The van der Waals surface area contributed by atoms with E-state index in [9.17, 15) is 14.4 Å². The minimum absolute atomic E-state index is 0.00845. The quantitative estimate of drug-likeness (QED) is 0.294. The van der Waals surface area contributed by atoms with Crippen molar-refractivity contribution in [2.24, 2.45) is 0 Å². The summed E-state index contributed by atoms with van der Waals surface area (Å²) >= 11 is -1.64. The van der Waals surface area contributed by atoms with Gasteiger partial charge in [-0.05, 0) is 29.7 Å². The van der Waals surface area contributed by atoms with Crippen LogP contribution in [-0.2, 0) is 20.5 Å². The fraction of sp³-hybridized carbons (Fsp3) is 0. The van der Waals surface area contributed by atoms with Crippen LogP contribution in [-0.4, -0.2) is 24.2 Å². The molecule has 19 heavy (non-hydrogen) atoms. The summed E-state index contributed by atoms with van der Waals surface area (Å²) in [6.45, 7) is 0. The first-order chi connectivity index (χ1) is 9.02. The zero-order chi connectivity index (χ0) is 14.0. The third-order valence-corrected chi connectivity index (χ3v) is 3.51. The van der Waals surface area contributed by atoms with E-state index in [0.29, 0.717) is 22.3 Å². The van der Waals surface area contributed by atoms with E-state index in [1.165, 1.54) is 18.2 Å². The molecule has 0 fully saturated rings. The Morgan fingerprint density at radius 2 is 1.79 bits per heavy atom. The number of aromatic hydroxyl groups is 2. The first kappa shape index (κ1) is 14.1. The average Bonchev–Trinajstić information content (AvgIpc) is 2.35. The minimum atomic E-state index is -2.26. The molecule has 1 atom stereocenters. The van der Waals surface area contributed by atoms with Crippen LogP contribution in [0.2, 0.25) is 0 Å². The predicted octanol–water partition coefficient (Wildman–Crippen LogP) is 2.26. The van der Waals surface area contributed by atoms with E-state index in [1.807, 2.05) is 0 Å². The Morgan fingerprint density at radius 3 is 2.42 bits per heavy atom. The summed E-state index contributed by atoms with van der Waals surface area (Å²) in [6.07, 6.45) is 0. The second-order valence-electron chi connectivity index (χ2n) is 3.46. The summed E-state index contributed by atoms with van der Waals surface area (Å²) in [7, 11) is 0. The molecule has 0 aliphatic rings. The topological polar surface area (TPSA) is 116 Å². The fourth-order valence-electron chi connectivity index (χ4n) is 1.62. The maximum atomic E-state index is 11.0. The molecule has 0 heterocycles. The molecule has 0 saturated carbocycles. The highest BCUT2D eigenvalue weighted by atomic mass is 32.2. The van der Waals surface area contributed by atoms with Crippen molar-refractivity contribution in [1.29, 1.82) is 0 Å². The molecule has 0 spiro atoms. The molecule has 0 amide bonds. The van der Waals surface area contributed by atoms with E-state index in [-0.39, 0.29) is 21.8 Å². The molecule has 102 valence electrons. The van der Waals surface area contributed by atoms with Crippen molar-refractivity contribution >= 4 is 33.9 Å². The van der Waals surface area contributed by atoms with Gasteiger partial charge in [-0.3, -0.25) is 0 Å². The number of phenolic OH excluding ortho intramolecular Hbond substituents is 2. The van der Waals surface area contributed by atoms with E-state index in [2.05, 4.69) is 9.37 Å². The molecule has 2 aromatic carbocycles. The van der Waals surface area contributed by atoms with Gasteiger partial charge in [-0.1, -0.05) is 5.04 Å². The third kappa shape index (κ3) is 2.97. The van der Waals surface area contributed by atoms with Crippen LogP contribution in [0.4, 0.5) is 0 Å². The van der Waals surface area contributed by atoms with Crippen LogP contribution in [0.15, 0.2) is 34.1 Å². The van der Waals surface area contributed by atoms with Crippen LogP contribution in [0.5, 0.6) is 11.5 Å². The first-order valence-corrected chi connectivity index (χ1v) is 6.63. The van der Waals surface area contributed by atoms with Crippen molar-refractivity contribution < 1.29 is 33.6 Å². The number of hydrogen-bond acceptors (Lipinski definition) is 7. The van der Waals surface area contributed by atoms with Gasteiger partial charge in [0.05, 0.1) is 22.3 Å². The Hall–Kier alpha value is -1.36. The van der Waals surface area contributed by atoms with E-state index >= 15 is 0 Å². The zero-order valence-corrected chi connectivity index (χ0v) is 10.8. The summed E-state index contributed by atoms with van der Waals surface area (Å²) in [5, 5.41) is 31.5. The number of benzene rings is 2. The lowest BCUT2D eigenvalue weighted by molar-refractivity contribution is -0.432. The summed E-state index contributed by atoms with van der Waals surface area (Å²) in [6, 6.07) is 5.20. The molecule has 0 aromatic heterocycles. The number of fused-ring (bicyclic) bond motifs is 1. The zero-order valence-electron chi connectivity index (χ0n) is 9.14. The monoisotopic (exact) mass is 304 g/mol. The van der Waals surface area contributed by atoms with E-state index in [1.54, 1.807) is 0 Å². The average molecular weight is 304 g/mol. The predicted molar refractivity (Wildman–Crippen MR) is 67.0 cm³/mol. The molecule has 0 bridgehead atoms. The van der Waals surface area contributed by atoms with Crippen LogP contribution < -0.4 is 0 Å². The standard InChI is InChI=1S/C10H8O7S2/c11-8-3-6(18-17-16-13)1-5-2-7(19(14)15)4-9(12)10(5)8/h1-4,11-13H,(H,14,15). The Bertz CT molecular complexity index is 643. The molecular weight excluding hydrogens is 296 g/mol. The highest BCUT2D eigenvalue weighted by Gasteiger charge is 2.12. The van der Waals surface area contributed by atoms with Gasteiger partial charge >= 0.3 is 0 Å². The van der Waals surface area contributed by atoms with Crippen LogP contribution in [0, 0.1) is 0 Å². The SMILES string of the molecule is O=S(O)c1cc(O)c2c(O)cc(SOOO)cc2c1. The van der Waals surface area contributed by atoms with Crippen molar-refractivity contribution in [1.82, 2.24) is 0 Å². The van der Waals surface area contributed by atoms with Gasteiger partial charge in [0.15, 0.2) is 11.1 Å². The lowest BCUT2D eigenvalue weighted by atomic mass is 10.1. The number of rotatable bonds is 4. The van der Waals surface area contributed by atoms with Crippen molar-refractivity contribution in [3.8, 4) is 11.5 Å². The lowest BCUT2D eigenvalue weighted by Crippen LogP contribution is -1.89. The van der Waals surface area contributed by atoms with Crippen LogP contribution >= 0.6 is 12.0 Å². The van der Waals surface area contributed by atoms with Gasteiger partial charge in [-0.15, -0.1) is 4.33 Å². The Kier molecular flexibility index (Phi) is 4.24. The summed E-state index contributed by atoms with van der Waals surface area (Å²) in [5.74, 6) is -0.558. The van der Waals surface area contributed by atoms with E-state index in [0.717, 1.165) is 6.07 Å². The Balaban J connectivity index is 2.60.